The summed E-state index contributed by atoms with van der Waals surface area (Å²) in [5, 5.41) is 4.87. The molecule has 1 heterocycles. The van der Waals surface area contributed by atoms with Crippen molar-refractivity contribution in [3.63, 3.8) is 0 Å². The molecule has 4 nitrogen and oxygen atoms in total. The zero-order valence-corrected chi connectivity index (χ0v) is 14.5. The molecule has 0 fully saturated rings. The van der Waals surface area contributed by atoms with E-state index >= 15 is 0 Å². The lowest BCUT2D eigenvalue weighted by Crippen LogP contribution is -2.31. The number of carbonyl (C=O) groups excluding carboxylic acids is 2. The molecule has 2 aromatic rings. The fourth-order valence-electron chi connectivity index (χ4n) is 2.72. The predicted molar refractivity (Wildman–Crippen MR) is 90.2 cm³/mol. The van der Waals surface area contributed by atoms with E-state index in [-0.39, 0.29) is 22.3 Å². The van der Waals surface area contributed by atoms with Crippen molar-refractivity contribution in [2.75, 3.05) is 10.6 Å². The van der Waals surface area contributed by atoms with Crippen LogP contribution in [0, 0.1) is 5.82 Å². The summed E-state index contributed by atoms with van der Waals surface area (Å²) in [6.07, 6.45) is -4.78. The minimum absolute atomic E-state index is 0.0554. The number of amides is 2. The van der Waals surface area contributed by atoms with E-state index in [1.807, 2.05) is 0 Å². The molecule has 3 rings (SSSR count). The second-order valence-electron chi connectivity index (χ2n) is 5.72. The van der Waals surface area contributed by atoms with Crippen LogP contribution in [0.1, 0.15) is 23.5 Å². The van der Waals surface area contributed by atoms with Crippen LogP contribution in [0.2, 0.25) is 0 Å². The van der Waals surface area contributed by atoms with Gasteiger partial charge < -0.3 is 10.6 Å². The van der Waals surface area contributed by atoms with Crippen LogP contribution in [-0.4, -0.2) is 11.8 Å². The fraction of sp³-hybridized carbons (Fsp3) is 0.176. The van der Waals surface area contributed by atoms with Crippen molar-refractivity contribution in [2.24, 2.45) is 0 Å². The van der Waals surface area contributed by atoms with Gasteiger partial charge in [-0.3, -0.25) is 9.59 Å². The number of fused-ring (bicyclic) bond motifs is 1. The maximum atomic E-state index is 13.3. The number of rotatable bonds is 2. The monoisotopic (exact) mass is 430 g/mol. The van der Waals surface area contributed by atoms with Crippen LogP contribution in [0.4, 0.5) is 28.9 Å². The highest BCUT2D eigenvalue weighted by Crippen LogP contribution is 2.37. The summed E-state index contributed by atoms with van der Waals surface area (Å²) in [6.45, 7) is 0. The highest BCUT2D eigenvalue weighted by molar-refractivity contribution is 9.10. The van der Waals surface area contributed by atoms with Gasteiger partial charge in [0.15, 0.2) is 0 Å². The quantitative estimate of drug-likeness (QED) is 0.680. The molecule has 2 amide bonds. The third kappa shape index (κ3) is 3.72. The standard InChI is InChI=1S/C17H11BrF4N2O2/c18-13-4-2-9(6-12(13)17(20,21)22)23-16(26)11-7-15(25)24-14-5-8(19)1-3-10(11)14/h1-6,11H,7H2,(H,23,26)(H,24,25)/t11-/m1/s1. The minimum atomic E-state index is -4.59. The molecule has 0 spiro atoms. The molecule has 9 heteroatoms. The topological polar surface area (TPSA) is 58.2 Å². The van der Waals surface area contributed by atoms with Gasteiger partial charge in [0, 0.05) is 22.3 Å². The molecule has 1 aliphatic rings. The van der Waals surface area contributed by atoms with Crippen molar-refractivity contribution in [3.05, 3.63) is 57.8 Å². The van der Waals surface area contributed by atoms with Gasteiger partial charge in [-0.1, -0.05) is 22.0 Å². The molecule has 2 aromatic carbocycles. The molecular formula is C17H11BrF4N2O2. The van der Waals surface area contributed by atoms with Gasteiger partial charge in [-0.05, 0) is 35.9 Å². The van der Waals surface area contributed by atoms with E-state index in [2.05, 4.69) is 26.6 Å². The average molecular weight is 431 g/mol. The Labute approximate surface area is 153 Å². The maximum Gasteiger partial charge on any atom is 0.417 e. The molecule has 136 valence electrons. The van der Waals surface area contributed by atoms with Gasteiger partial charge in [-0.2, -0.15) is 13.2 Å². The number of hydrogen-bond acceptors (Lipinski definition) is 2. The lowest BCUT2D eigenvalue weighted by Gasteiger charge is -2.25. The highest BCUT2D eigenvalue weighted by Gasteiger charge is 2.34. The number of carbonyl (C=O) groups is 2. The summed E-state index contributed by atoms with van der Waals surface area (Å²) in [5.41, 5.74) is -0.413. The van der Waals surface area contributed by atoms with Gasteiger partial charge in [0.1, 0.15) is 5.82 Å². The summed E-state index contributed by atoms with van der Waals surface area (Å²) >= 11 is 2.82. The van der Waals surface area contributed by atoms with Crippen LogP contribution < -0.4 is 10.6 Å². The number of anilines is 2. The zero-order chi connectivity index (χ0) is 19.1. The lowest BCUT2D eigenvalue weighted by molar-refractivity contribution is -0.138. The van der Waals surface area contributed by atoms with Gasteiger partial charge in [0.05, 0.1) is 11.5 Å². The van der Waals surface area contributed by atoms with E-state index in [0.717, 1.165) is 18.2 Å². The first-order valence-corrected chi connectivity index (χ1v) is 8.21. The number of alkyl halides is 3. The number of halogens is 5. The summed E-state index contributed by atoms with van der Waals surface area (Å²) in [4.78, 5) is 24.3. The van der Waals surface area contributed by atoms with E-state index in [4.69, 9.17) is 0 Å². The van der Waals surface area contributed by atoms with Crippen molar-refractivity contribution in [2.45, 2.75) is 18.5 Å². The predicted octanol–water partition coefficient (Wildman–Crippen LogP) is 4.67. The van der Waals surface area contributed by atoms with E-state index in [1.54, 1.807) is 0 Å². The Morgan fingerprint density at radius 2 is 1.92 bits per heavy atom. The Hall–Kier alpha value is -2.42. The average Bonchev–Trinajstić information content (AvgIpc) is 2.54. The molecule has 1 aliphatic heterocycles. The Morgan fingerprint density at radius 1 is 1.19 bits per heavy atom. The Morgan fingerprint density at radius 3 is 2.62 bits per heavy atom. The lowest BCUT2D eigenvalue weighted by atomic mass is 9.89. The van der Waals surface area contributed by atoms with E-state index < -0.39 is 35.3 Å². The second-order valence-corrected chi connectivity index (χ2v) is 6.57. The summed E-state index contributed by atoms with van der Waals surface area (Å²) in [6, 6.07) is 6.90. The van der Waals surface area contributed by atoms with E-state index in [1.165, 1.54) is 18.2 Å². The van der Waals surface area contributed by atoms with Crippen molar-refractivity contribution in [1.29, 1.82) is 0 Å². The first-order valence-electron chi connectivity index (χ1n) is 7.42. The third-order valence-electron chi connectivity index (χ3n) is 3.91. The van der Waals surface area contributed by atoms with Gasteiger partial charge in [-0.15, -0.1) is 0 Å². The van der Waals surface area contributed by atoms with Crippen molar-refractivity contribution in [1.82, 2.24) is 0 Å². The first-order chi connectivity index (χ1) is 12.1. The van der Waals surface area contributed by atoms with Crippen molar-refractivity contribution >= 4 is 39.1 Å². The van der Waals surface area contributed by atoms with Crippen molar-refractivity contribution < 1.29 is 27.2 Å². The fourth-order valence-corrected chi connectivity index (χ4v) is 3.19. The number of hydrogen-bond donors (Lipinski definition) is 2. The first kappa shape index (κ1) is 18.4. The minimum Gasteiger partial charge on any atom is -0.326 e. The Kier molecular flexibility index (Phi) is 4.74. The summed E-state index contributed by atoms with van der Waals surface area (Å²) < 4.78 is 52.1. The van der Waals surface area contributed by atoms with Crippen LogP contribution in [0.3, 0.4) is 0 Å². The molecule has 0 saturated heterocycles. The molecular weight excluding hydrogens is 420 g/mol. The van der Waals surface area contributed by atoms with Gasteiger partial charge in [-0.25, -0.2) is 4.39 Å². The van der Waals surface area contributed by atoms with Crippen LogP contribution in [-0.2, 0) is 15.8 Å². The second kappa shape index (κ2) is 6.71. The van der Waals surface area contributed by atoms with E-state index in [9.17, 15) is 27.2 Å². The molecule has 26 heavy (non-hydrogen) atoms. The number of benzene rings is 2. The zero-order valence-electron chi connectivity index (χ0n) is 13.0. The smallest absolute Gasteiger partial charge is 0.326 e. The van der Waals surface area contributed by atoms with Crippen molar-refractivity contribution in [3.8, 4) is 0 Å². The summed E-state index contributed by atoms with van der Waals surface area (Å²) in [5.74, 6) is -2.64. The van der Waals surface area contributed by atoms with Gasteiger partial charge >= 0.3 is 6.18 Å². The van der Waals surface area contributed by atoms with Crippen LogP contribution in [0.25, 0.3) is 0 Å². The van der Waals surface area contributed by atoms with E-state index in [0.29, 0.717) is 5.56 Å². The molecule has 0 aromatic heterocycles. The molecule has 1 atom stereocenters. The van der Waals surface area contributed by atoms with Crippen LogP contribution >= 0.6 is 15.9 Å². The van der Waals surface area contributed by atoms with Gasteiger partial charge in [0.25, 0.3) is 0 Å². The molecule has 0 saturated carbocycles. The molecule has 2 N–H and O–H groups in total. The third-order valence-corrected chi connectivity index (χ3v) is 4.60. The SMILES string of the molecule is O=C1C[C@@H](C(=O)Nc2ccc(Br)c(C(F)(F)F)c2)c2ccc(F)cc2N1. The normalized spacial score (nSPS) is 16.7. The highest BCUT2D eigenvalue weighted by atomic mass is 79.9. The molecule has 0 bridgehead atoms. The summed E-state index contributed by atoms with van der Waals surface area (Å²) in [7, 11) is 0. The molecule has 0 aliphatic carbocycles. The van der Waals surface area contributed by atoms with Gasteiger partial charge in [0.2, 0.25) is 11.8 Å². The molecule has 0 radical (unpaired) electrons. The largest absolute Gasteiger partial charge is 0.417 e. The Bertz CT molecular complexity index is 899. The maximum absolute atomic E-state index is 13.3. The Balaban J connectivity index is 1.89. The number of nitrogens with one attached hydrogen (secondary N) is 2. The molecule has 0 unspecified atom stereocenters. The van der Waals surface area contributed by atoms with Crippen LogP contribution in [0.15, 0.2) is 40.9 Å². The van der Waals surface area contributed by atoms with Crippen LogP contribution in [0.5, 0.6) is 0 Å².